The number of methoxy groups -OCH3 is 1. The lowest BCUT2D eigenvalue weighted by atomic mass is 9.55. The Balaban J connectivity index is 1.81. The van der Waals surface area contributed by atoms with Crippen molar-refractivity contribution < 1.29 is 14.6 Å². The number of ether oxygens (including phenoxy) is 1. The number of hydrogen-bond donors (Lipinski definition) is 2. The monoisotopic (exact) mass is 352 g/mol. The average molecular weight is 352 g/mol. The molecule has 1 spiro atoms. The Hall–Kier alpha value is -2.11. The van der Waals surface area contributed by atoms with Gasteiger partial charge in [-0.05, 0) is 30.9 Å². The number of carbonyl (C=O) groups excluding carboxylic acids is 1. The zero-order chi connectivity index (χ0) is 17.9. The predicted molar refractivity (Wildman–Crippen MR) is 98.7 cm³/mol. The maximum atomic E-state index is 12.7. The van der Waals surface area contributed by atoms with Crippen LogP contribution in [-0.2, 0) is 14.9 Å². The van der Waals surface area contributed by atoms with Gasteiger partial charge in [0.2, 0.25) is 0 Å². The first-order valence-corrected chi connectivity index (χ1v) is 9.37. The van der Waals surface area contributed by atoms with Gasteiger partial charge in [-0.25, -0.2) is 4.79 Å². The Morgan fingerprint density at radius 2 is 2.27 bits per heavy atom. The average Bonchev–Trinajstić information content (AvgIpc) is 3.22. The molecule has 0 radical (unpaired) electrons. The lowest BCUT2D eigenvalue weighted by Crippen LogP contribution is -2.58. The summed E-state index contributed by atoms with van der Waals surface area (Å²) in [6, 6.07) is 8.67. The minimum atomic E-state index is -0.257. The van der Waals surface area contributed by atoms with Crippen molar-refractivity contribution in [1.82, 2.24) is 4.90 Å². The van der Waals surface area contributed by atoms with Gasteiger partial charge in [-0.3, -0.25) is 4.90 Å². The van der Waals surface area contributed by atoms with Crippen molar-refractivity contribution in [2.24, 2.45) is 5.41 Å². The van der Waals surface area contributed by atoms with E-state index in [-0.39, 0.29) is 29.4 Å². The first-order valence-electron chi connectivity index (χ1n) is 9.37. The minimum absolute atomic E-state index is 0.115. The van der Waals surface area contributed by atoms with Crippen LogP contribution in [-0.4, -0.2) is 48.8 Å². The molecule has 0 aromatic heterocycles. The number of nitrogens with one attached hydrogen (secondary N) is 1. The maximum Gasteiger partial charge on any atom is 0.335 e. The molecule has 1 fully saturated rings. The number of nitrogens with zero attached hydrogens (tertiary/aromatic N) is 1. The summed E-state index contributed by atoms with van der Waals surface area (Å²) in [5.41, 5.74) is 3.68. The van der Waals surface area contributed by atoms with Crippen molar-refractivity contribution >= 4 is 11.7 Å². The van der Waals surface area contributed by atoms with Crippen LogP contribution >= 0.6 is 0 Å². The van der Waals surface area contributed by atoms with E-state index in [1.54, 1.807) is 0 Å². The summed E-state index contributed by atoms with van der Waals surface area (Å²) in [7, 11) is 1.45. The molecular formula is C21H24N2O3. The van der Waals surface area contributed by atoms with Gasteiger partial charge < -0.3 is 15.2 Å². The van der Waals surface area contributed by atoms with Crippen LogP contribution in [0, 0.1) is 5.41 Å². The highest BCUT2D eigenvalue weighted by Gasteiger charge is 2.65. The number of aliphatic hydroxyl groups is 1. The van der Waals surface area contributed by atoms with Crippen LogP contribution < -0.4 is 5.32 Å². The molecule has 0 bridgehead atoms. The molecule has 5 heteroatoms. The molecule has 1 saturated heterocycles. The molecule has 3 heterocycles. The van der Waals surface area contributed by atoms with Crippen LogP contribution in [0.4, 0.5) is 5.69 Å². The Morgan fingerprint density at radius 3 is 3.08 bits per heavy atom. The van der Waals surface area contributed by atoms with Gasteiger partial charge in [0.05, 0.1) is 18.1 Å². The molecule has 0 unspecified atom stereocenters. The van der Waals surface area contributed by atoms with Crippen molar-refractivity contribution in [2.75, 3.05) is 32.1 Å². The quantitative estimate of drug-likeness (QED) is 0.645. The Morgan fingerprint density at radius 1 is 1.42 bits per heavy atom. The standard InChI is InChI=1S/C21H24N2O3/c1-26-18(25)14-13-20(9-12-24)7-4-10-23-11-8-21(19(20)23)15-5-2-3-6-16(15)22-17(14)21/h2-7,19,22,24H,8-13H2,1H3/t19-,20+,21-/m1/s1. The molecule has 3 atom stereocenters. The number of esters is 1. The van der Waals surface area contributed by atoms with Gasteiger partial charge in [-0.15, -0.1) is 0 Å². The second-order valence-electron chi connectivity index (χ2n) is 7.92. The first-order chi connectivity index (χ1) is 12.7. The van der Waals surface area contributed by atoms with E-state index in [0.29, 0.717) is 12.8 Å². The largest absolute Gasteiger partial charge is 0.466 e. The highest BCUT2D eigenvalue weighted by Crippen LogP contribution is 2.64. The Kier molecular flexibility index (Phi) is 3.37. The molecule has 5 rings (SSSR count). The van der Waals surface area contributed by atoms with Crippen molar-refractivity contribution in [3.8, 4) is 0 Å². The lowest BCUT2D eigenvalue weighted by molar-refractivity contribution is -0.137. The summed E-state index contributed by atoms with van der Waals surface area (Å²) in [6.07, 6.45) is 6.71. The summed E-state index contributed by atoms with van der Waals surface area (Å²) in [5, 5.41) is 13.4. The van der Waals surface area contributed by atoms with E-state index in [0.717, 1.165) is 36.5 Å². The van der Waals surface area contributed by atoms with Crippen LogP contribution in [0.3, 0.4) is 0 Å². The summed E-state index contributed by atoms with van der Waals surface area (Å²) in [5.74, 6) is -0.257. The fraction of sp³-hybridized carbons (Fsp3) is 0.476. The molecule has 2 N–H and O–H groups in total. The smallest absolute Gasteiger partial charge is 0.335 e. The van der Waals surface area contributed by atoms with E-state index in [4.69, 9.17) is 4.74 Å². The number of fused-ring (bicyclic) bond motifs is 1. The number of rotatable bonds is 3. The van der Waals surface area contributed by atoms with Gasteiger partial charge in [0.25, 0.3) is 0 Å². The van der Waals surface area contributed by atoms with Crippen molar-refractivity contribution in [2.45, 2.75) is 30.7 Å². The Labute approximate surface area is 153 Å². The summed E-state index contributed by atoms with van der Waals surface area (Å²) in [4.78, 5) is 15.3. The second kappa shape index (κ2) is 5.44. The van der Waals surface area contributed by atoms with Crippen LogP contribution in [0.15, 0.2) is 47.7 Å². The zero-order valence-electron chi connectivity index (χ0n) is 15.0. The lowest BCUT2D eigenvalue weighted by Gasteiger charge is -2.53. The zero-order valence-corrected chi connectivity index (χ0v) is 15.0. The van der Waals surface area contributed by atoms with Crippen molar-refractivity contribution in [3.05, 3.63) is 53.3 Å². The third-order valence-electron chi connectivity index (χ3n) is 6.89. The van der Waals surface area contributed by atoms with Crippen LogP contribution in [0.25, 0.3) is 0 Å². The van der Waals surface area contributed by atoms with Crippen LogP contribution in [0.2, 0.25) is 0 Å². The highest BCUT2D eigenvalue weighted by molar-refractivity contribution is 5.93. The number of hydrogen-bond acceptors (Lipinski definition) is 5. The number of anilines is 1. The normalized spacial score (nSPS) is 34.2. The molecule has 3 aliphatic heterocycles. The molecule has 26 heavy (non-hydrogen) atoms. The predicted octanol–water partition coefficient (Wildman–Crippen LogP) is 2.19. The van der Waals surface area contributed by atoms with E-state index in [1.807, 2.05) is 6.07 Å². The van der Waals surface area contributed by atoms with Crippen LogP contribution in [0.5, 0.6) is 0 Å². The first kappa shape index (κ1) is 16.1. The van der Waals surface area contributed by atoms with Gasteiger partial charge in [0, 0.05) is 42.5 Å². The molecule has 0 amide bonds. The molecule has 1 aliphatic carbocycles. The number of benzene rings is 1. The molecule has 5 nitrogen and oxygen atoms in total. The van der Waals surface area contributed by atoms with Gasteiger partial charge in [0.1, 0.15) is 0 Å². The Bertz CT molecular complexity index is 845. The minimum Gasteiger partial charge on any atom is -0.466 e. The summed E-state index contributed by atoms with van der Waals surface area (Å²) < 4.78 is 5.17. The molecular weight excluding hydrogens is 328 g/mol. The number of aliphatic hydroxyl groups excluding tert-OH is 1. The molecule has 1 aromatic rings. The fourth-order valence-electron chi connectivity index (χ4n) is 6.10. The van der Waals surface area contributed by atoms with E-state index < -0.39 is 0 Å². The summed E-state index contributed by atoms with van der Waals surface area (Å²) in [6.45, 7) is 2.04. The topological polar surface area (TPSA) is 61.8 Å². The summed E-state index contributed by atoms with van der Waals surface area (Å²) >= 11 is 0. The van der Waals surface area contributed by atoms with E-state index in [2.05, 4.69) is 40.6 Å². The third kappa shape index (κ3) is 1.80. The van der Waals surface area contributed by atoms with Gasteiger partial charge >= 0.3 is 5.97 Å². The maximum absolute atomic E-state index is 12.7. The van der Waals surface area contributed by atoms with Crippen LogP contribution in [0.1, 0.15) is 24.8 Å². The third-order valence-corrected chi connectivity index (χ3v) is 6.89. The fourth-order valence-corrected chi connectivity index (χ4v) is 6.10. The number of carbonyl (C=O) groups is 1. The molecule has 136 valence electrons. The molecule has 0 saturated carbocycles. The highest BCUT2D eigenvalue weighted by atomic mass is 16.5. The van der Waals surface area contributed by atoms with Gasteiger partial charge in [0.15, 0.2) is 0 Å². The van der Waals surface area contributed by atoms with E-state index >= 15 is 0 Å². The molecule has 4 aliphatic rings. The van der Waals surface area contributed by atoms with Crippen molar-refractivity contribution in [3.63, 3.8) is 0 Å². The number of para-hydroxylation sites is 1. The van der Waals surface area contributed by atoms with Gasteiger partial charge in [-0.2, -0.15) is 0 Å². The second-order valence-corrected chi connectivity index (χ2v) is 7.92. The van der Waals surface area contributed by atoms with E-state index in [1.165, 1.54) is 12.7 Å². The molecule has 1 aromatic carbocycles. The van der Waals surface area contributed by atoms with E-state index in [9.17, 15) is 9.90 Å². The SMILES string of the molecule is COC(=O)C1=C2Nc3ccccc3[C@]23CCN2CC=C[C@](CCO)(C1)[C@@H]23. The van der Waals surface area contributed by atoms with Gasteiger partial charge in [-0.1, -0.05) is 30.4 Å². The van der Waals surface area contributed by atoms with Crippen molar-refractivity contribution in [1.29, 1.82) is 0 Å².